The lowest BCUT2D eigenvalue weighted by atomic mass is 10.2. The minimum atomic E-state index is -4.08. The number of carbonyl (C=O) groups excluding carboxylic acids is 2. The lowest BCUT2D eigenvalue weighted by Crippen LogP contribution is -2.35. The lowest BCUT2D eigenvalue weighted by Gasteiger charge is -2.18. The second-order valence-electron chi connectivity index (χ2n) is 7.19. The number of hydrogen-bond acceptors (Lipinski definition) is 4. The van der Waals surface area contributed by atoms with Crippen molar-refractivity contribution in [1.29, 1.82) is 0 Å². The van der Waals surface area contributed by atoms with Gasteiger partial charge in [0.25, 0.3) is 15.9 Å². The summed E-state index contributed by atoms with van der Waals surface area (Å²) in [4.78, 5) is 26.2. The molecule has 3 aromatic rings. The van der Waals surface area contributed by atoms with E-state index < -0.39 is 27.7 Å². The van der Waals surface area contributed by atoms with Gasteiger partial charge in [0.2, 0.25) is 5.91 Å². The molecule has 10 heteroatoms. The van der Waals surface area contributed by atoms with Gasteiger partial charge < -0.3 is 10.2 Å². The molecule has 3 rings (SSSR count). The number of rotatable bonds is 7. The van der Waals surface area contributed by atoms with Crippen LogP contribution in [0.25, 0.3) is 0 Å². The third-order valence-electron chi connectivity index (χ3n) is 4.62. The average molecular weight is 500 g/mol. The number of amides is 2. The third-order valence-corrected chi connectivity index (χ3v) is 6.33. The Morgan fingerprint density at radius 3 is 2.47 bits per heavy atom. The Morgan fingerprint density at radius 1 is 1.09 bits per heavy atom. The monoisotopic (exact) mass is 499 g/mol. The van der Waals surface area contributed by atoms with Gasteiger partial charge in [-0.05, 0) is 60.7 Å². The fourth-order valence-corrected chi connectivity index (χ4v) is 4.24. The minimum Gasteiger partial charge on any atom is -0.332 e. The molecule has 3 aromatic carbocycles. The number of benzene rings is 3. The van der Waals surface area contributed by atoms with Crippen LogP contribution in [-0.2, 0) is 14.8 Å². The topological polar surface area (TPSA) is 95.6 Å². The van der Waals surface area contributed by atoms with Crippen molar-refractivity contribution in [2.24, 2.45) is 0 Å². The molecule has 0 unspecified atom stereocenters. The summed E-state index contributed by atoms with van der Waals surface area (Å²) in [6.45, 7) is -0.265. The molecular formula is C24H19ClFN3O4S. The molecule has 2 N–H and O–H groups in total. The van der Waals surface area contributed by atoms with Crippen molar-refractivity contribution in [1.82, 2.24) is 4.90 Å². The molecule has 34 heavy (non-hydrogen) atoms. The first-order valence-electron chi connectivity index (χ1n) is 9.79. The zero-order valence-corrected chi connectivity index (χ0v) is 19.5. The molecule has 0 heterocycles. The maximum Gasteiger partial charge on any atom is 0.261 e. The Labute approximate surface area is 201 Å². The van der Waals surface area contributed by atoms with Crippen LogP contribution in [0.4, 0.5) is 15.8 Å². The first-order chi connectivity index (χ1) is 16.1. The second kappa shape index (κ2) is 10.4. The summed E-state index contributed by atoms with van der Waals surface area (Å²) in [6, 6.07) is 15.0. The van der Waals surface area contributed by atoms with Crippen molar-refractivity contribution >= 4 is 44.8 Å². The van der Waals surface area contributed by atoms with Crippen molar-refractivity contribution in [3.63, 3.8) is 0 Å². The fraction of sp³-hybridized carbons (Fsp3) is 0.0833. The molecule has 0 bridgehead atoms. The Bertz CT molecular complexity index is 1390. The maximum atomic E-state index is 13.1. The van der Waals surface area contributed by atoms with Gasteiger partial charge >= 0.3 is 0 Å². The molecule has 0 radical (unpaired) electrons. The number of likely N-dealkylation sites (N-methyl/N-ethyl adjacent to an activating group) is 1. The number of nitrogens with zero attached hydrogens (tertiary/aromatic N) is 1. The van der Waals surface area contributed by atoms with E-state index in [-0.39, 0.29) is 27.7 Å². The van der Waals surface area contributed by atoms with E-state index in [0.717, 1.165) is 24.3 Å². The van der Waals surface area contributed by atoms with Gasteiger partial charge in [-0.2, -0.15) is 0 Å². The van der Waals surface area contributed by atoms with Crippen LogP contribution in [-0.4, -0.2) is 38.7 Å². The van der Waals surface area contributed by atoms with E-state index >= 15 is 0 Å². The molecule has 7 nitrogen and oxygen atoms in total. The molecule has 0 aliphatic rings. The summed E-state index contributed by atoms with van der Waals surface area (Å²) in [7, 11) is -2.65. The van der Waals surface area contributed by atoms with E-state index in [0.29, 0.717) is 11.3 Å². The molecular weight excluding hydrogens is 481 g/mol. The van der Waals surface area contributed by atoms with Crippen molar-refractivity contribution in [2.75, 3.05) is 23.6 Å². The maximum absolute atomic E-state index is 13.1. The number of halogens is 2. The van der Waals surface area contributed by atoms with Crippen LogP contribution in [0.15, 0.2) is 71.6 Å². The van der Waals surface area contributed by atoms with Crippen LogP contribution >= 0.6 is 11.6 Å². The van der Waals surface area contributed by atoms with Gasteiger partial charge in [-0.1, -0.05) is 23.6 Å². The standard InChI is InChI=1S/C24H19ClFN3O4S/c1-3-16-5-4-6-19(13-16)27-23(30)15-29(2)24(31)17-7-12-21(25)22(14-17)28-34(32,33)20-10-8-18(26)9-11-20/h1,4-14,28H,15H2,2H3,(H,27,30). The molecule has 0 atom stereocenters. The highest BCUT2D eigenvalue weighted by Gasteiger charge is 2.20. The third kappa shape index (κ3) is 6.13. The summed E-state index contributed by atoms with van der Waals surface area (Å²) in [6.07, 6.45) is 5.35. The van der Waals surface area contributed by atoms with Crippen LogP contribution in [0.1, 0.15) is 15.9 Å². The van der Waals surface area contributed by atoms with Crippen molar-refractivity contribution in [3.8, 4) is 12.3 Å². The van der Waals surface area contributed by atoms with Crippen LogP contribution in [0.5, 0.6) is 0 Å². The van der Waals surface area contributed by atoms with E-state index in [2.05, 4.69) is 16.0 Å². The molecule has 0 spiro atoms. The van der Waals surface area contributed by atoms with E-state index in [1.54, 1.807) is 24.3 Å². The van der Waals surface area contributed by atoms with E-state index in [4.69, 9.17) is 18.0 Å². The van der Waals surface area contributed by atoms with Gasteiger partial charge in [-0.3, -0.25) is 14.3 Å². The van der Waals surface area contributed by atoms with Crippen molar-refractivity contribution in [3.05, 3.63) is 88.7 Å². The van der Waals surface area contributed by atoms with Crippen LogP contribution < -0.4 is 10.0 Å². The van der Waals surface area contributed by atoms with Crippen LogP contribution in [0.2, 0.25) is 5.02 Å². The highest BCUT2D eigenvalue weighted by Crippen LogP contribution is 2.26. The van der Waals surface area contributed by atoms with Gasteiger partial charge in [-0.15, -0.1) is 6.42 Å². The number of terminal acetylenes is 1. The minimum absolute atomic E-state index is 0.0409. The number of nitrogens with one attached hydrogen (secondary N) is 2. The molecule has 0 aliphatic heterocycles. The van der Waals surface area contributed by atoms with Gasteiger partial charge in [-0.25, -0.2) is 12.8 Å². The van der Waals surface area contributed by atoms with Crippen molar-refractivity contribution in [2.45, 2.75) is 4.90 Å². The van der Waals surface area contributed by atoms with Gasteiger partial charge in [0, 0.05) is 23.9 Å². The summed E-state index contributed by atoms with van der Waals surface area (Å²) in [5, 5.41) is 2.71. The normalized spacial score (nSPS) is 10.8. The molecule has 0 fully saturated rings. The van der Waals surface area contributed by atoms with Gasteiger partial charge in [0.15, 0.2) is 0 Å². The predicted molar refractivity (Wildman–Crippen MR) is 129 cm³/mol. The van der Waals surface area contributed by atoms with Crippen molar-refractivity contribution < 1.29 is 22.4 Å². The summed E-state index contributed by atoms with van der Waals surface area (Å²) >= 11 is 6.11. The fourth-order valence-electron chi connectivity index (χ4n) is 2.95. The van der Waals surface area contributed by atoms with Gasteiger partial charge in [0.1, 0.15) is 5.82 Å². The Morgan fingerprint density at radius 2 is 1.79 bits per heavy atom. The zero-order chi connectivity index (χ0) is 24.9. The molecule has 0 saturated carbocycles. The Balaban J connectivity index is 1.72. The first kappa shape index (κ1) is 24.8. The van der Waals surface area contributed by atoms with E-state index in [1.165, 1.54) is 30.1 Å². The molecule has 2 amide bonds. The number of carbonyl (C=O) groups is 2. The summed E-state index contributed by atoms with van der Waals surface area (Å²) < 4.78 is 40.6. The highest BCUT2D eigenvalue weighted by atomic mass is 35.5. The Hall–Kier alpha value is -3.87. The summed E-state index contributed by atoms with van der Waals surface area (Å²) in [5.41, 5.74) is 1.15. The first-order valence-corrected chi connectivity index (χ1v) is 11.6. The highest BCUT2D eigenvalue weighted by molar-refractivity contribution is 7.92. The van der Waals surface area contributed by atoms with E-state index in [1.807, 2.05) is 0 Å². The quantitative estimate of drug-likeness (QED) is 0.481. The lowest BCUT2D eigenvalue weighted by molar-refractivity contribution is -0.116. The smallest absolute Gasteiger partial charge is 0.261 e. The number of sulfonamides is 1. The van der Waals surface area contributed by atoms with Crippen LogP contribution in [0.3, 0.4) is 0 Å². The average Bonchev–Trinajstić information content (AvgIpc) is 2.80. The molecule has 0 saturated heterocycles. The van der Waals surface area contributed by atoms with Gasteiger partial charge in [0.05, 0.1) is 22.2 Å². The molecule has 0 aromatic heterocycles. The SMILES string of the molecule is C#Cc1cccc(NC(=O)CN(C)C(=O)c2ccc(Cl)c(NS(=O)(=O)c3ccc(F)cc3)c2)c1. The predicted octanol–water partition coefficient (Wildman–Crippen LogP) is 3.97. The summed E-state index contributed by atoms with van der Waals surface area (Å²) in [5.74, 6) is 0.901. The van der Waals surface area contributed by atoms with Crippen LogP contribution in [0, 0.1) is 18.2 Å². The zero-order valence-electron chi connectivity index (χ0n) is 17.9. The molecule has 0 aliphatic carbocycles. The largest absolute Gasteiger partial charge is 0.332 e. The molecule has 174 valence electrons. The number of anilines is 2. The number of hydrogen-bond donors (Lipinski definition) is 2. The Kier molecular flexibility index (Phi) is 7.56. The van der Waals surface area contributed by atoms with E-state index in [9.17, 15) is 22.4 Å². The second-order valence-corrected chi connectivity index (χ2v) is 9.28.